The smallest absolute Gasteiger partial charge is 0.165 e. The van der Waals surface area contributed by atoms with Gasteiger partial charge in [-0.15, -0.1) is 0 Å². The molecule has 0 unspecified atom stereocenters. The summed E-state index contributed by atoms with van der Waals surface area (Å²) in [6.07, 6.45) is 4.39. The third-order valence-electron chi connectivity index (χ3n) is 5.61. The average molecular weight is 384 g/mol. The van der Waals surface area contributed by atoms with Crippen molar-refractivity contribution in [2.24, 2.45) is 0 Å². The number of methoxy groups -OCH3 is 1. The van der Waals surface area contributed by atoms with Gasteiger partial charge in [0.1, 0.15) is 11.6 Å². The van der Waals surface area contributed by atoms with Crippen LogP contribution in [-0.4, -0.2) is 21.7 Å². The van der Waals surface area contributed by atoms with Crippen molar-refractivity contribution in [1.82, 2.24) is 14.6 Å². The van der Waals surface area contributed by atoms with Gasteiger partial charge in [-0.25, -0.2) is 4.98 Å². The lowest BCUT2D eigenvalue weighted by molar-refractivity contribution is 0.415. The SMILES string of the molecule is COc1cccc(Nc2c3c(nc4c(-c5ccccc5)c(C)nn24)CCCC3)c1. The number of hydrogen-bond acceptors (Lipinski definition) is 4. The zero-order valence-corrected chi connectivity index (χ0v) is 16.8. The Morgan fingerprint density at radius 3 is 2.66 bits per heavy atom. The van der Waals surface area contributed by atoms with Crippen molar-refractivity contribution in [3.8, 4) is 16.9 Å². The number of hydrogen-bond donors (Lipinski definition) is 1. The zero-order valence-electron chi connectivity index (χ0n) is 16.8. The second-order valence-electron chi connectivity index (χ2n) is 7.51. The van der Waals surface area contributed by atoms with Crippen LogP contribution in [0.5, 0.6) is 5.75 Å². The van der Waals surface area contributed by atoms with Crippen LogP contribution in [0.4, 0.5) is 11.5 Å². The number of benzene rings is 2. The predicted molar refractivity (Wildman–Crippen MR) is 116 cm³/mol. The van der Waals surface area contributed by atoms with E-state index in [1.165, 1.54) is 24.1 Å². The number of anilines is 2. The highest BCUT2D eigenvalue weighted by Crippen LogP contribution is 2.35. The van der Waals surface area contributed by atoms with Gasteiger partial charge in [0.2, 0.25) is 0 Å². The Kier molecular flexibility index (Phi) is 4.43. The monoisotopic (exact) mass is 384 g/mol. The Morgan fingerprint density at radius 2 is 1.83 bits per heavy atom. The van der Waals surface area contributed by atoms with Crippen LogP contribution in [0.15, 0.2) is 54.6 Å². The van der Waals surface area contributed by atoms with E-state index in [4.69, 9.17) is 14.8 Å². The van der Waals surface area contributed by atoms with Crippen molar-refractivity contribution in [3.05, 3.63) is 71.5 Å². The minimum Gasteiger partial charge on any atom is -0.497 e. The molecule has 0 saturated carbocycles. The number of aryl methyl sites for hydroxylation is 2. The molecule has 2 heterocycles. The summed E-state index contributed by atoms with van der Waals surface area (Å²) in [6.45, 7) is 2.06. The van der Waals surface area contributed by atoms with Crippen molar-refractivity contribution in [3.63, 3.8) is 0 Å². The number of aromatic nitrogens is 3. The molecule has 1 N–H and O–H groups in total. The first-order valence-corrected chi connectivity index (χ1v) is 10.1. The first-order valence-electron chi connectivity index (χ1n) is 10.1. The average Bonchev–Trinajstić information content (AvgIpc) is 3.10. The molecule has 0 bridgehead atoms. The van der Waals surface area contributed by atoms with Crippen molar-refractivity contribution in [2.75, 3.05) is 12.4 Å². The van der Waals surface area contributed by atoms with E-state index in [0.717, 1.165) is 52.6 Å². The second-order valence-corrected chi connectivity index (χ2v) is 7.51. The maximum Gasteiger partial charge on any atom is 0.165 e. The molecule has 1 aliphatic rings. The quantitative estimate of drug-likeness (QED) is 0.516. The molecule has 5 rings (SSSR count). The predicted octanol–water partition coefficient (Wildman–Crippen LogP) is 5.34. The molecule has 0 amide bonds. The van der Waals surface area contributed by atoms with Crippen LogP contribution < -0.4 is 10.1 Å². The summed E-state index contributed by atoms with van der Waals surface area (Å²) in [7, 11) is 1.69. The van der Waals surface area contributed by atoms with Gasteiger partial charge in [-0.1, -0.05) is 36.4 Å². The molecule has 0 radical (unpaired) electrons. The molecule has 0 spiro atoms. The normalized spacial score (nSPS) is 13.3. The highest BCUT2D eigenvalue weighted by molar-refractivity contribution is 5.82. The van der Waals surface area contributed by atoms with Gasteiger partial charge in [-0.3, -0.25) is 0 Å². The summed E-state index contributed by atoms with van der Waals surface area (Å²) in [6, 6.07) is 18.4. The number of nitrogens with zero attached hydrogens (tertiary/aromatic N) is 3. The fourth-order valence-corrected chi connectivity index (χ4v) is 4.21. The number of nitrogens with one attached hydrogen (secondary N) is 1. The Bertz CT molecular complexity index is 1180. The third-order valence-corrected chi connectivity index (χ3v) is 5.61. The first kappa shape index (κ1) is 17.7. The molecule has 2 aromatic carbocycles. The van der Waals surface area contributed by atoms with Gasteiger partial charge >= 0.3 is 0 Å². The summed E-state index contributed by atoms with van der Waals surface area (Å²) in [5.41, 5.74) is 7.60. The molecule has 1 aliphatic carbocycles. The topological polar surface area (TPSA) is 51.5 Å². The summed E-state index contributed by atoms with van der Waals surface area (Å²) >= 11 is 0. The minimum absolute atomic E-state index is 0.829. The Labute approximate surface area is 170 Å². The van der Waals surface area contributed by atoms with Gasteiger partial charge in [-0.05, 0) is 50.3 Å². The first-order chi connectivity index (χ1) is 14.2. The van der Waals surface area contributed by atoms with E-state index in [2.05, 4.69) is 42.6 Å². The number of fused-ring (bicyclic) bond motifs is 2. The molecular formula is C24H24N4O. The maximum absolute atomic E-state index is 5.40. The molecule has 2 aromatic heterocycles. The van der Waals surface area contributed by atoms with E-state index < -0.39 is 0 Å². The third kappa shape index (κ3) is 3.12. The van der Waals surface area contributed by atoms with Crippen molar-refractivity contribution in [1.29, 1.82) is 0 Å². The highest BCUT2D eigenvalue weighted by atomic mass is 16.5. The highest BCUT2D eigenvalue weighted by Gasteiger charge is 2.23. The van der Waals surface area contributed by atoms with Gasteiger partial charge in [0.25, 0.3) is 0 Å². The van der Waals surface area contributed by atoms with Crippen LogP contribution in [0.1, 0.15) is 29.8 Å². The second kappa shape index (κ2) is 7.24. The van der Waals surface area contributed by atoms with Crippen molar-refractivity contribution < 1.29 is 4.74 Å². The molecule has 5 nitrogen and oxygen atoms in total. The standard InChI is InChI=1S/C24H24N4O/c1-16-22(17-9-4-3-5-10-17)24-26-21-14-7-6-13-20(21)23(28(24)27-16)25-18-11-8-12-19(15-18)29-2/h3-5,8-12,15,25H,6-7,13-14H2,1-2H3. The van der Waals surface area contributed by atoms with Crippen molar-refractivity contribution >= 4 is 17.2 Å². The van der Waals surface area contributed by atoms with Crippen LogP contribution in [-0.2, 0) is 12.8 Å². The molecule has 146 valence electrons. The van der Waals surface area contributed by atoms with E-state index in [0.29, 0.717) is 0 Å². The summed E-state index contributed by atoms with van der Waals surface area (Å²) in [4.78, 5) is 5.08. The molecule has 0 saturated heterocycles. The van der Waals surface area contributed by atoms with Crippen LogP contribution in [0.3, 0.4) is 0 Å². The van der Waals surface area contributed by atoms with Gasteiger partial charge < -0.3 is 10.1 Å². The van der Waals surface area contributed by atoms with Gasteiger partial charge in [0, 0.05) is 28.6 Å². The van der Waals surface area contributed by atoms with E-state index in [-0.39, 0.29) is 0 Å². The van der Waals surface area contributed by atoms with Crippen LogP contribution in [0.2, 0.25) is 0 Å². The Hall–Kier alpha value is -3.34. The Morgan fingerprint density at radius 1 is 1.00 bits per heavy atom. The maximum atomic E-state index is 5.40. The molecule has 4 aromatic rings. The molecule has 5 heteroatoms. The Balaban J connectivity index is 1.73. The van der Waals surface area contributed by atoms with Gasteiger partial charge in [0.05, 0.1) is 12.8 Å². The van der Waals surface area contributed by atoms with Gasteiger partial charge in [0.15, 0.2) is 5.65 Å². The lowest BCUT2D eigenvalue weighted by Gasteiger charge is -2.21. The van der Waals surface area contributed by atoms with Gasteiger partial charge in [-0.2, -0.15) is 9.61 Å². The zero-order chi connectivity index (χ0) is 19.8. The van der Waals surface area contributed by atoms with Crippen molar-refractivity contribution in [2.45, 2.75) is 32.6 Å². The minimum atomic E-state index is 0.829. The molecule has 29 heavy (non-hydrogen) atoms. The fourth-order valence-electron chi connectivity index (χ4n) is 4.21. The van der Waals surface area contributed by atoms with Crippen LogP contribution >= 0.6 is 0 Å². The molecule has 0 aliphatic heterocycles. The fraction of sp³-hybridized carbons (Fsp3) is 0.250. The lowest BCUT2D eigenvalue weighted by Crippen LogP contribution is -2.13. The van der Waals surface area contributed by atoms with E-state index in [1.54, 1.807) is 7.11 Å². The number of ether oxygens (including phenoxy) is 1. The van der Waals surface area contributed by atoms with E-state index in [9.17, 15) is 0 Å². The lowest BCUT2D eigenvalue weighted by atomic mass is 9.96. The number of rotatable bonds is 4. The largest absolute Gasteiger partial charge is 0.497 e. The van der Waals surface area contributed by atoms with Crippen LogP contribution in [0.25, 0.3) is 16.8 Å². The van der Waals surface area contributed by atoms with E-state index in [1.807, 2.05) is 28.8 Å². The summed E-state index contributed by atoms with van der Waals surface area (Å²) in [5, 5.41) is 8.52. The summed E-state index contributed by atoms with van der Waals surface area (Å²) < 4.78 is 7.39. The summed E-state index contributed by atoms with van der Waals surface area (Å²) in [5.74, 6) is 1.85. The van der Waals surface area contributed by atoms with E-state index >= 15 is 0 Å². The molecule has 0 atom stereocenters. The molecular weight excluding hydrogens is 360 g/mol. The van der Waals surface area contributed by atoms with Crippen LogP contribution in [0, 0.1) is 6.92 Å². The molecule has 0 fully saturated rings.